The molecule has 0 unspecified atom stereocenters. The third-order valence-electron chi connectivity index (χ3n) is 2.36. The van der Waals surface area contributed by atoms with Gasteiger partial charge in [0.2, 0.25) is 0 Å². The fourth-order valence-corrected chi connectivity index (χ4v) is 2.86. The van der Waals surface area contributed by atoms with Crippen molar-refractivity contribution in [1.29, 1.82) is 0 Å². The van der Waals surface area contributed by atoms with Gasteiger partial charge in [-0.05, 0) is 42.5 Å². The van der Waals surface area contributed by atoms with Crippen LogP contribution in [0.5, 0.6) is 0 Å². The Kier molecular flexibility index (Phi) is 3.89. The predicted molar refractivity (Wildman–Crippen MR) is 78.1 cm³/mol. The van der Waals surface area contributed by atoms with Gasteiger partial charge in [-0.1, -0.05) is 23.2 Å². The summed E-state index contributed by atoms with van der Waals surface area (Å²) < 4.78 is 26.6. The van der Waals surface area contributed by atoms with Crippen LogP contribution in [0.2, 0.25) is 10.0 Å². The molecule has 0 aliphatic carbocycles. The van der Waals surface area contributed by atoms with Gasteiger partial charge in [0.05, 0.1) is 14.9 Å². The maximum Gasteiger partial charge on any atom is 0.261 e. The van der Waals surface area contributed by atoms with Crippen LogP contribution in [-0.2, 0) is 10.0 Å². The number of hydrogen-bond donors (Lipinski definition) is 2. The summed E-state index contributed by atoms with van der Waals surface area (Å²) in [5, 5.41) is 0.481. The molecule has 0 saturated carbocycles. The first-order valence-corrected chi connectivity index (χ1v) is 7.46. The van der Waals surface area contributed by atoms with Crippen LogP contribution in [0.15, 0.2) is 47.4 Å². The lowest BCUT2D eigenvalue weighted by Crippen LogP contribution is -2.12. The van der Waals surface area contributed by atoms with Gasteiger partial charge in [0.25, 0.3) is 10.0 Å². The smallest absolute Gasteiger partial charge is 0.261 e. The van der Waals surface area contributed by atoms with Crippen molar-refractivity contribution in [3.8, 4) is 0 Å². The Morgan fingerprint density at radius 3 is 2.16 bits per heavy atom. The van der Waals surface area contributed by atoms with Gasteiger partial charge in [0.15, 0.2) is 0 Å². The Labute approximate surface area is 121 Å². The fraction of sp³-hybridized carbons (Fsp3) is 0. The molecule has 0 atom stereocenters. The molecule has 0 spiro atoms. The van der Waals surface area contributed by atoms with E-state index in [2.05, 4.69) is 4.72 Å². The highest BCUT2D eigenvalue weighted by Crippen LogP contribution is 2.26. The summed E-state index contributed by atoms with van der Waals surface area (Å²) in [7, 11) is -3.70. The Morgan fingerprint density at radius 1 is 0.947 bits per heavy atom. The number of nitrogens with two attached hydrogens (primary N) is 1. The maximum absolute atomic E-state index is 12.1. The number of hydrogen-bond acceptors (Lipinski definition) is 3. The van der Waals surface area contributed by atoms with E-state index in [1.165, 1.54) is 18.2 Å². The second-order valence-electron chi connectivity index (χ2n) is 3.80. The van der Waals surface area contributed by atoms with E-state index in [1.54, 1.807) is 24.3 Å². The molecule has 0 bridgehead atoms. The lowest BCUT2D eigenvalue weighted by molar-refractivity contribution is 0.601. The van der Waals surface area contributed by atoms with Crippen molar-refractivity contribution in [3.63, 3.8) is 0 Å². The van der Waals surface area contributed by atoms with Gasteiger partial charge in [0.1, 0.15) is 0 Å². The van der Waals surface area contributed by atoms with Gasteiger partial charge in [-0.25, -0.2) is 8.42 Å². The predicted octanol–water partition coefficient (Wildman–Crippen LogP) is 3.38. The van der Waals surface area contributed by atoms with Crippen LogP contribution in [0.25, 0.3) is 0 Å². The molecule has 19 heavy (non-hydrogen) atoms. The van der Waals surface area contributed by atoms with Crippen LogP contribution in [0, 0.1) is 0 Å². The van der Waals surface area contributed by atoms with Crippen LogP contribution < -0.4 is 10.5 Å². The van der Waals surface area contributed by atoms with E-state index in [1.807, 2.05) is 0 Å². The molecule has 4 nitrogen and oxygen atoms in total. The first kappa shape index (κ1) is 14.0. The number of sulfonamides is 1. The van der Waals surface area contributed by atoms with E-state index in [-0.39, 0.29) is 9.92 Å². The molecule has 0 radical (unpaired) electrons. The molecule has 0 amide bonds. The van der Waals surface area contributed by atoms with Gasteiger partial charge in [0, 0.05) is 11.4 Å². The topological polar surface area (TPSA) is 72.2 Å². The van der Waals surface area contributed by atoms with E-state index in [0.717, 1.165) is 0 Å². The molecule has 0 aliphatic heterocycles. The minimum atomic E-state index is -3.70. The summed E-state index contributed by atoms with van der Waals surface area (Å²) in [5.41, 5.74) is 6.50. The van der Waals surface area contributed by atoms with Crippen LogP contribution in [0.3, 0.4) is 0 Å². The Balaban J connectivity index is 2.32. The summed E-state index contributed by atoms with van der Waals surface area (Å²) in [4.78, 5) is 0.0405. The molecular formula is C12H10Cl2N2O2S. The zero-order valence-corrected chi connectivity index (χ0v) is 11.9. The molecule has 2 rings (SSSR count). The minimum Gasteiger partial charge on any atom is -0.399 e. The van der Waals surface area contributed by atoms with Gasteiger partial charge < -0.3 is 5.73 Å². The average Bonchev–Trinajstić information content (AvgIpc) is 2.35. The lowest BCUT2D eigenvalue weighted by Gasteiger charge is -2.09. The highest BCUT2D eigenvalue weighted by molar-refractivity contribution is 7.92. The molecule has 0 aliphatic rings. The molecule has 2 aromatic carbocycles. The number of anilines is 2. The largest absolute Gasteiger partial charge is 0.399 e. The number of nitrogens with one attached hydrogen (secondary N) is 1. The third kappa shape index (κ3) is 3.32. The van der Waals surface area contributed by atoms with Crippen molar-refractivity contribution in [3.05, 3.63) is 52.5 Å². The van der Waals surface area contributed by atoms with Crippen molar-refractivity contribution in [2.45, 2.75) is 4.90 Å². The quantitative estimate of drug-likeness (QED) is 0.853. The zero-order chi connectivity index (χ0) is 14.0. The molecular weight excluding hydrogens is 307 g/mol. The molecule has 7 heteroatoms. The van der Waals surface area contributed by atoms with Crippen molar-refractivity contribution in [1.82, 2.24) is 0 Å². The maximum atomic E-state index is 12.1. The summed E-state index contributed by atoms with van der Waals surface area (Å²) in [5.74, 6) is 0. The monoisotopic (exact) mass is 316 g/mol. The van der Waals surface area contributed by atoms with E-state index in [4.69, 9.17) is 28.9 Å². The molecule has 0 fully saturated rings. The zero-order valence-electron chi connectivity index (χ0n) is 9.60. The van der Waals surface area contributed by atoms with Crippen LogP contribution in [-0.4, -0.2) is 8.42 Å². The van der Waals surface area contributed by atoms with Crippen LogP contribution in [0.1, 0.15) is 0 Å². The van der Waals surface area contributed by atoms with Crippen molar-refractivity contribution < 1.29 is 8.42 Å². The number of nitrogen functional groups attached to an aromatic ring is 1. The second kappa shape index (κ2) is 5.28. The standard InChI is InChI=1S/C12H10Cl2N2O2S/c13-11-6-5-10(7-12(11)14)19(17,18)16-9-3-1-8(15)2-4-9/h1-7,16H,15H2. The minimum absolute atomic E-state index is 0.0405. The summed E-state index contributed by atoms with van der Waals surface area (Å²) in [6.45, 7) is 0. The first-order chi connectivity index (χ1) is 8.88. The Bertz CT molecular complexity index is 700. The molecule has 2 aromatic rings. The average molecular weight is 317 g/mol. The third-order valence-corrected chi connectivity index (χ3v) is 4.48. The Morgan fingerprint density at radius 2 is 1.58 bits per heavy atom. The summed E-state index contributed by atoms with van der Waals surface area (Å²) >= 11 is 11.6. The fourth-order valence-electron chi connectivity index (χ4n) is 1.41. The highest BCUT2D eigenvalue weighted by atomic mass is 35.5. The summed E-state index contributed by atoms with van der Waals surface area (Å²) in [6.07, 6.45) is 0. The van der Waals surface area contributed by atoms with Crippen molar-refractivity contribution in [2.75, 3.05) is 10.5 Å². The van der Waals surface area contributed by atoms with Gasteiger partial charge in [-0.2, -0.15) is 0 Å². The van der Waals surface area contributed by atoms with Crippen LogP contribution in [0.4, 0.5) is 11.4 Å². The first-order valence-electron chi connectivity index (χ1n) is 5.22. The summed E-state index contributed by atoms with van der Waals surface area (Å²) in [6, 6.07) is 10.5. The van der Waals surface area contributed by atoms with E-state index >= 15 is 0 Å². The van der Waals surface area contributed by atoms with Crippen molar-refractivity contribution >= 4 is 44.6 Å². The SMILES string of the molecule is Nc1ccc(NS(=O)(=O)c2ccc(Cl)c(Cl)c2)cc1. The second-order valence-corrected chi connectivity index (χ2v) is 6.30. The van der Waals surface area contributed by atoms with Gasteiger partial charge in [-0.3, -0.25) is 4.72 Å². The van der Waals surface area contributed by atoms with Gasteiger partial charge in [-0.15, -0.1) is 0 Å². The molecule has 0 aromatic heterocycles. The molecule has 100 valence electrons. The highest BCUT2D eigenvalue weighted by Gasteiger charge is 2.15. The van der Waals surface area contributed by atoms with Crippen LogP contribution >= 0.6 is 23.2 Å². The lowest BCUT2D eigenvalue weighted by atomic mass is 10.3. The van der Waals surface area contributed by atoms with Gasteiger partial charge >= 0.3 is 0 Å². The number of halogens is 2. The normalized spacial score (nSPS) is 11.3. The van der Waals surface area contributed by atoms with E-state index in [9.17, 15) is 8.42 Å². The van der Waals surface area contributed by atoms with Crippen molar-refractivity contribution in [2.24, 2.45) is 0 Å². The number of benzene rings is 2. The molecule has 3 N–H and O–H groups in total. The molecule has 0 heterocycles. The Hall–Kier alpha value is -1.43. The van der Waals surface area contributed by atoms with E-state index < -0.39 is 10.0 Å². The molecule has 0 saturated heterocycles. The number of rotatable bonds is 3. The van der Waals surface area contributed by atoms with E-state index in [0.29, 0.717) is 16.4 Å².